The highest BCUT2D eigenvalue weighted by Crippen LogP contribution is 2.33. The molecule has 0 spiro atoms. The molecule has 6 nitrogen and oxygen atoms in total. The second-order valence-electron chi connectivity index (χ2n) is 7.52. The first kappa shape index (κ1) is 21.2. The monoisotopic (exact) mass is 427 g/mol. The summed E-state index contributed by atoms with van der Waals surface area (Å²) in [7, 11) is 3.15. The molecule has 0 atom stereocenters. The number of aromatic nitrogens is 2. The molecular weight excluding hydrogens is 402 g/mol. The molecule has 162 valence electrons. The topological polar surface area (TPSA) is 65.4 Å². The summed E-state index contributed by atoms with van der Waals surface area (Å²) in [6, 6.07) is 21.3. The number of carbonyl (C=O) groups excluding carboxylic acids is 1. The van der Waals surface area contributed by atoms with Crippen molar-refractivity contribution in [3.63, 3.8) is 0 Å². The number of para-hydroxylation sites is 1. The molecule has 0 bridgehead atoms. The summed E-state index contributed by atoms with van der Waals surface area (Å²) in [6.45, 7) is 3.93. The minimum absolute atomic E-state index is 0.251. The Labute approximate surface area is 187 Å². The maximum Gasteiger partial charge on any atom is 0.259 e. The Morgan fingerprint density at radius 1 is 0.906 bits per heavy atom. The molecule has 0 radical (unpaired) electrons. The lowest BCUT2D eigenvalue weighted by Crippen LogP contribution is -2.13. The van der Waals surface area contributed by atoms with E-state index >= 15 is 0 Å². The molecule has 0 fully saturated rings. The summed E-state index contributed by atoms with van der Waals surface area (Å²) < 4.78 is 12.5. The standard InChI is InChI=1S/C26H25N3O3/c1-17-9-8-10-19(13-17)25-21(16-29(28-25)20-11-6-5-7-12-20)26(30)27-22-15-24(32-4)23(31-3)14-18(22)2/h5-16H,1-4H3,(H,27,30). The predicted molar refractivity (Wildman–Crippen MR) is 126 cm³/mol. The van der Waals surface area contributed by atoms with Gasteiger partial charge in [-0.3, -0.25) is 4.79 Å². The average Bonchev–Trinajstić information content (AvgIpc) is 3.26. The summed E-state index contributed by atoms with van der Waals surface area (Å²) in [6.07, 6.45) is 1.76. The van der Waals surface area contributed by atoms with Gasteiger partial charge in [0, 0.05) is 23.5 Å². The van der Waals surface area contributed by atoms with Crippen molar-refractivity contribution >= 4 is 11.6 Å². The van der Waals surface area contributed by atoms with Crippen LogP contribution in [0.5, 0.6) is 11.5 Å². The molecule has 1 aromatic heterocycles. The van der Waals surface area contributed by atoms with Gasteiger partial charge in [0.05, 0.1) is 25.5 Å². The highest BCUT2D eigenvalue weighted by atomic mass is 16.5. The average molecular weight is 428 g/mol. The number of nitrogens with one attached hydrogen (secondary N) is 1. The molecule has 0 saturated heterocycles. The number of methoxy groups -OCH3 is 2. The number of hydrogen-bond donors (Lipinski definition) is 1. The number of carbonyl (C=O) groups is 1. The molecule has 1 N–H and O–H groups in total. The number of amides is 1. The highest BCUT2D eigenvalue weighted by molar-refractivity contribution is 6.08. The number of anilines is 1. The quantitative estimate of drug-likeness (QED) is 0.446. The van der Waals surface area contributed by atoms with Gasteiger partial charge in [-0.1, -0.05) is 42.0 Å². The lowest BCUT2D eigenvalue weighted by Gasteiger charge is -2.13. The van der Waals surface area contributed by atoms with E-state index in [9.17, 15) is 4.79 Å². The van der Waals surface area contributed by atoms with Crippen LogP contribution < -0.4 is 14.8 Å². The summed E-state index contributed by atoms with van der Waals surface area (Å²) >= 11 is 0. The van der Waals surface area contributed by atoms with E-state index in [0.717, 1.165) is 22.4 Å². The summed E-state index contributed by atoms with van der Waals surface area (Å²) in [5.74, 6) is 0.909. The van der Waals surface area contributed by atoms with Crippen LogP contribution in [0.2, 0.25) is 0 Å². The normalized spacial score (nSPS) is 10.6. The minimum Gasteiger partial charge on any atom is -0.493 e. The van der Waals surface area contributed by atoms with Crippen LogP contribution in [0.15, 0.2) is 72.9 Å². The van der Waals surface area contributed by atoms with E-state index < -0.39 is 0 Å². The molecule has 0 aliphatic carbocycles. The van der Waals surface area contributed by atoms with Gasteiger partial charge in [0.25, 0.3) is 5.91 Å². The molecule has 3 aromatic carbocycles. The zero-order valence-electron chi connectivity index (χ0n) is 18.5. The predicted octanol–water partition coefficient (Wildman–Crippen LogP) is 5.43. The molecule has 0 unspecified atom stereocenters. The van der Waals surface area contributed by atoms with E-state index in [0.29, 0.717) is 28.4 Å². The fourth-order valence-electron chi connectivity index (χ4n) is 3.56. The lowest BCUT2D eigenvalue weighted by atomic mass is 10.1. The third kappa shape index (κ3) is 4.21. The minimum atomic E-state index is -0.251. The highest BCUT2D eigenvalue weighted by Gasteiger charge is 2.20. The molecule has 1 amide bonds. The Morgan fingerprint density at radius 2 is 1.62 bits per heavy atom. The fourth-order valence-corrected chi connectivity index (χ4v) is 3.56. The van der Waals surface area contributed by atoms with Gasteiger partial charge < -0.3 is 14.8 Å². The van der Waals surface area contributed by atoms with Crippen molar-refractivity contribution in [2.45, 2.75) is 13.8 Å². The van der Waals surface area contributed by atoms with Crippen molar-refractivity contribution in [1.29, 1.82) is 0 Å². The lowest BCUT2D eigenvalue weighted by molar-refractivity contribution is 0.102. The van der Waals surface area contributed by atoms with E-state index in [1.165, 1.54) is 0 Å². The van der Waals surface area contributed by atoms with Crippen LogP contribution in [-0.2, 0) is 0 Å². The zero-order chi connectivity index (χ0) is 22.7. The maximum absolute atomic E-state index is 13.4. The third-order valence-corrected chi connectivity index (χ3v) is 5.25. The van der Waals surface area contributed by atoms with Crippen molar-refractivity contribution in [2.75, 3.05) is 19.5 Å². The molecule has 0 aliphatic rings. The van der Waals surface area contributed by atoms with Crippen LogP contribution in [0.1, 0.15) is 21.5 Å². The van der Waals surface area contributed by atoms with Gasteiger partial charge in [-0.2, -0.15) is 5.10 Å². The first-order chi connectivity index (χ1) is 15.5. The molecule has 32 heavy (non-hydrogen) atoms. The van der Waals surface area contributed by atoms with E-state index in [2.05, 4.69) is 5.32 Å². The van der Waals surface area contributed by atoms with E-state index in [-0.39, 0.29) is 5.91 Å². The summed E-state index contributed by atoms with van der Waals surface area (Å²) in [5.41, 5.74) is 5.47. The largest absolute Gasteiger partial charge is 0.493 e. The van der Waals surface area contributed by atoms with Crippen LogP contribution in [-0.4, -0.2) is 29.9 Å². The van der Waals surface area contributed by atoms with Gasteiger partial charge in [0.15, 0.2) is 11.5 Å². The first-order valence-corrected chi connectivity index (χ1v) is 10.3. The van der Waals surface area contributed by atoms with Crippen molar-refractivity contribution < 1.29 is 14.3 Å². The Morgan fingerprint density at radius 3 is 2.31 bits per heavy atom. The van der Waals surface area contributed by atoms with Gasteiger partial charge in [0.2, 0.25) is 0 Å². The second-order valence-corrected chi connectivity index (χ2v) is 7.52. The van der Waals surface area contributed by atoms with Gasteiger partial charge in [-0.25, -0.2) is 4.68 Å². The van der Waals surface area contributed by atoms with Gasteiger partial charge in [0.1, 0.15) is 5.69 Å². The third-order valence-electron chi connectivity index (χ3n) is 5.25. The first-order valence-electron chi connectivity index (χ1n) is 10.3. The Hall–Kier alpha value is -4.06. The molecule has 1 heterocycles. The Kier molecular flexibility index (Phi) is 5.94. The van der Waals surface area contributed by atoms with Crippen LogP contribution in [0.3, 0.4) is 0 Å². The summed E-state index contributed by atoms with van der Waals surface area (Å²) in [5, 5.41) is 7.76. The van der Waals surface area contributed by atoms with Crippen LogP contribution in [0.25, 0.3) is 16.9 Å². The molecule has 4 aromatic rings. The Bertz CT molecular complexity index is 1260. The van der Waals surface area contributed by atoms with E-state index in [4.69, 9.17) is 14.6 Å². The van der Waals surface area contributed by atoms with Crippen molar-refractivity contribution in [3.05, 3.63) is 89.6 Å². The van der Waals surface area contributed by atoms with Crippen molar-refractivity contribution in [2.24, 2.45) is 0 Å². The van der Waals surface area contributed by atoms with Gasteiger partial charge >= 0.3 is 0 Å². The molecule has 6 heteroatoms. The van der Waals surface area contributed by atoms with Gasteiger partial charge in [-0.05, 0) is 43.7 Å². The maximum atomic E-state index is 13.4. The van der Waals surface area contributed by atoms with Crippen LogP contribution in [0, 0.1) is 13.8 Å². The SMILES string of the molecule is COc1cc(C)c(NC(=O)c2cn(-c3ccccc3)nc2-c2cccc(C)c2)cc1OC. The van der Waals surface area contributed by atoms with Crippen LogP contribution in [0.4, 0.5) is 5.69 Å². The number of rotatable bonds is 6. The fraction of sp³-hybridized carbons (Fsp3) is 0.154. The van der Waals surface area contributed by atoms with E-state index in [1.807, 2.05) is 74.5 Å². The smallest absolute Gasteiger partial charge is 0.259 e. The van der Waals surface area contributed by atoms with Crippen molar-refractivity contribution in [1.82, 2.24) is 9.78 Å². The number of hydrogen-bond acceptors (Lipinski definition) is 4. The van der Waals surface area contributed by atoms with Gasteiger partial charge in [-0.15, -0.1) is 0 Å². The number of nitrogens with zero attached hydrogens (tertiary/aromatic N) is 2. The number of benzene rings is 3. The van der Waals surface area contributed by atoms with E-state index in [1.54, 1.807) is 31.2 Å². The molecule has 4 rings (SSSR count). The number of aryl methyl sites for hydroxylation is 2. The summed E-state index contributed by atoms with van der Waals surface area (Å²) in [4.78, 5) is 13.4. The second kappa shape index (κ2) is 8.98. The molecular formula is C26H25N3O3. The molecule has 0 aliphatic heterocycles. The van der Waals surface area contributed by atoms with Crippen molar-refractivity contribution in [3.8, 4) is 28.4 Å². The molecule has 0 saturated carbocycles. The van der Waals surface area contributed by atoms with Crippen LogP contribution >= 0.6 is 0 Å². The Balaban J connectivity index is 1.77. The number of ether oxygens (including phenoxy) is 2. The zero-order valence-corrected chi connectivity index (χ0v) is 18.5.